The number of hydrogen-bond donors (Lipinski definition) is 0. The number of carbonyl (C=O) groups excluding carboxylic acids is 1. The van der Waals surface area contributed by atoms with Crippen LogP contribution in [0.3, 0.4) is 0 Å². The van der Waals surface area contributed by atoms with Gasteiger partial charge in [-0.05, 0) is 42.7 Å². The standard InChI is InChI=1S/C15H11F3OS/c16-15(17,18)11-3-1-2-10(8-11)12-6-7-13(20-12)14(19)9-4-5-9/h1-3,6-9H,4-5H2. The summed E-state index contributed by atoms with van der Waals surface area (Å²) in [4.78, 5) is 13.2. The number of thiophene rings is 1. The molecule has 0 bridgehead atoms. The SMILES string of the molecule is O=C(c1ccc(-c2cccc(C(F)(F)F)c2)s1)C1CC1. The zero-order valence-electron chi connectivity index (χ0n) is 10.4. The van der Waals surface area contributed by atoms with Gasteiger partial charge in [0.1, 0.15) is 0 Å². The van der Waals surface area contributed by atoms with Crippen molar-refractivity contribution in [2.24, 2.45) is 5.92 Å². The van der Waals surface area contributed by atoms with Crippen molar-refractivity contribution in [3.05, 3.63) is 46.8 Å². The van der Waals surface area contributed by atoms with Gasteiger partial charge in [0.25, 0.3) is 0 Å². The molecular weight excluding hydrogens is 285 g/mol. The summed E-state index contributed by atoms with van der Waals surface area (Å²) in [6.07, 6.45) is -2.49. The molecule has 1 aliphatic carbocycles. The van der Waals surface area contributed by atoms with E-state index in [4.69, 9.17) is 0 Å². The summed E-state index contributed by atoms with van der Waals surface area (Å²) in [6.45, 7) is 0. The van der Waals surface area contributed by atoms with Gasteiger partial charge in [-0.25, -0.2) is 0 Å². The summed E-state index contributed by atoms with van der Waals surface area (Å²) in [5.74, 6) is 0.247. The highest BCUT2D eigenvalue weighted by atomic mass is 32.1. The summed E-state index contributed by atoms with van der Waals surface area (Å²) in [6, 6.07) is 8.62. The second kappa shape index (κ2) is 4.74. The molecule has 3 rings (SSSR count). The number of halogens is 3. The van der Waals surface area contributed by atoms with Gasteiger partial charge in [0.15, 0.2) is 5.78 Å². The Bertz CT molecular complexity index is 653. The summed E-state index contributed by atoms with van der Waals surface area (Å²) in [7, 11) is 0. The molecule has 0 radical (unpaired) electrons. The van der Waals surface area contributed by atoms with Gasteiger partial charge in [0.2, 0.25) is 0 Å². The summed E-state index contributed by atoms with van der Waals surface area (Å²) < 4.78 is 38.0. The first-order valence-corrected chi connectivity index (χ1v) is 7.08. The maximum Gasteiger partial charge on any atom is 0.416 e. The van der Waals surface area contributed by atoms with Crippen LogP contribution in [-0.4, -0.2) is 5.78 Å². The van der Waals surface area contributed by atoms with Crippen molar-refractivity contribution >= 4 is 17.1 Å². The molecule has 5 heteroatoms. The molecule has 1 aromatic heterocycles. The zero-order chi connectivity index (χ0) is 14.3. The van der Waals surface area contributed by atoms with Crippen molar-refractivity contribution in [3.8, 4) is 10.4 Å². The van der Waals surface area contributed by atoms with Gasteiger partial charge in [-0.2, -0.15) is 13.2 Å². The Morgan fingerprint density at radius 2 is 1.90 bits per heavy atom. The van der Waals surface area contributed by atoms with Crippen LogP contribution < -0.4 is 0 Å². The number of rotatable bonds is 3. The predicted molar refractivity (Wildman–Crippen MR) is 71.8 cm³/mol. The first kappa shape index (κ1) is 13.4. The summed E-state index contributed by atoms with van der Waals surface area (Å²) in [5, 5.41) is 0. The molecule has 0 spiro atoms. The minimum atomic E-state index is -4.35. The van der Waals surface area contributed by atoms with E-state index in [1.165, 1.54) is 17.4 Å². The second-order valence-corrected chi connectivity index (χ2v) is 5.96. The van der Waals surface area contributed by atoms with Crippen molar-refractivity contribution in [1.29, 1.82) is 0 Å². The molecule has 1 heterocycles. The van der Waals surface area contributed by atoms with Crippen LogP contribution in [0.1, 0.15) is 28.1 Å². The van der Waals surface area contributed by atoms with Gasteiger partial charge in [0.05, 0.1) is 10.4 Å². The molecule has 1 aliphatic rings. The minimum absolute atomic E-state index is 0.119. The molecular formula is C15H11F3OS. The molecule has 0 atom stereocenters. The fourth-order valence-corrected chi connectivity index (χ4v) is 3.04. The molecule has 104 valence electrons. The topological polar surface area (TPSA) is 17.1 Å². The number of Topliss-reactive ketones (excluding diaryl/α,β-unsaturated/α-hetero) is 1. The van der Waals surface area contributed by atoms with Crippen LogP contribution in [0.5, 0.6) is 0 Å². The van der Waals surface area contributed by atoms with Crippen LogP contribution in [-0.2, 0) is 6.18 Å². The molecule has 1 nitrogen and oxygen atoms in total. The average molecular weight is 296 g/mol. The monoisotopic (exact) mass is 296 g/mol. The Balaban J connectivity index is 1.91. The normalized spacial score (nSPS) is 15.3. The molecule has 1 fully saturated rings. The number of ketones is 1. The van der Waals surface area contributed by atoms with Gasteiger partial charge in [0, 0.05) is 10.8 Å². The van der Waals surface area contributed by atoms with Crippen LogP contribution >= 0.6 is 11.3 Å². The second-order valence-electron chi connectivity index (χ2n) is 4.88. The number of benzene rings is 1. The van der Waals surface area contributed by atoms with Crippen LogP contribution in [0.2, 0.25) is 0 Å². The van der Waals surface area contributed by atoms with E-state index in [1.807, 2.05) is 0 Å². The summed E-state index contributed by atoms with van der Waals surface area (Å²) in [5.41, 5.74) is -0.168. The quantitative estimate of drug-likeness (QED) is 0.726. The number of alkyl halides is 3. The highest BCUT2D eigenvalue weighted by Crippen LogP contribution is 2.38. The fourth-order valence-electron chi connectivity index (χ4n) is 2.02. The van der Waals surface area contributed by atoms with E-state index in [1.54, 1.807) is 18.2 Å². The third kappa shape index (κ3) is 2.63. The lowest BCUT2D eigenvalue weighted by atomic mass is 10.1. The van der Waals surface area contributed by atoms with E-state index in [9.17, 15) is 18.0 Å². The van der Waals surface area contributed by atoms with E-state index >= 15 is 0 Å². The molecule has 2 aromatic rings. The van der Waals surface area contributed by atoms with Crippen LogP contribution in [0.25, 0.3) is 10.4 Å². The predicted octanol–water partition coefficient (Wildman–Crippen LogP) is 5.03. The zero-order valence-corrected chi connectivity index (χ0v) is 11.2. The Kier molecular flexibility index (Phi) is 3.17. The van der Waals surface area contributed by atoms with Gasteiger partial charge < -0.3 is 0 Å². The van der Waals surface area contributed by atoms with Crippen LogP contribution in [0, 0.1) is 5.92 Å². The molecule has 20 heavy (non-hydrogen) atoms. The number of hydrogen-bond acceptors (Lipinski definition) is 2. The van der Waals surface area contributed by atoms with Gasteiger partial charge in [-0.1, -0.05) is 12.1 Å². The highest BCUT2D eigenvalue weighted by molar-refractivity contribution is 7.17. The molecule has 1 saturated carbocycles. The molecule has 0 N–H and O–H groups in total. The Morgan fingerprint density at radius 3 is 2.55 bits per heavy atom. The minimum Gasteiger partial charge on any atom is -0.293 e. The molecule has 0 aliphatic heterocycles. The Hall–Kier alpha value is -1.62. The summed E-state index contributed by atoms with van der Waals surface area (Å²) >= 11 is 1.26. The third-order valence-corrected chi connectivity index (χ3v) is 4.42. The van der Waals surface area contributed by atoms with E-state index in [-0.39, 0.29) is 11.7 Å². The largest absolute Gasteiger partial charge is 0.416 e. The molecule has 0 saturated heterocycles. The van der Waals surface area contributed by atoms with Crippen molar-refractivity contribution < 1.29 is 18.0 Å². The molecule has 0 unspecified atom stereocenters. The maximum atomic E-state index is 12.7. The Labute approximate surface area is 118 Å². The maximum absolute atomic E-state index is 12.7. The van der Waals surface area contributed by atoms with Crippen molar-refractivity contribution in [1.82, 2.24) is 0 Å². The molecule has 0 amide bonds. The first-order valence-electron chi connectivity index (χ1n) is 6.27. The van der Waals surface area contributed by atoms with E-state index < -0.39 is 11.7 Å². The van der Waals surface area contributed by atoms with Crippen LogP contribution in [0.4, 0.5) is 13.2 Å². The lowest BCUT2D eigenvalue weighted by Gasteiger charge is -2.07. The highest BCUT2D eigenvalue weighted by Gasteiger charge is 2.32. The van der Waals surface area contributed by atoms with Crippen molar-refractivity contribution in [2.75, 3.05) is 0 Å². The third-order valence-electron chi connectivity index (χ3n) is 3.27. The first-order chi connectivity index (χ1) is 9.45. The van der Waals surface area contributed by atoms with E-state index in [0.29, 0.717) is 15.3 Å². The fraction of sp³-hybridized carbons (Fsp3) is 0.267. The van der Waals surface area contributed by atoms with Gasteiger partial charge in [-0.15, -0.1) is 11.3 Å². The lowest BCUT2D eigenvalue weighted by molar-refractivity contribution is -0.137. The van der Waals surface area contributed by atoms with Crippen LogP contribution in [0.15, 0.2) is 36.4 Å². The smallest absolute Gasteiger partial charge is 0.293 e. The van der Waals surface area contributed by atoms with E-state index in [2.05, 4.69) is 0 Å². The van der Waals surface area contributed by atoms with E-state index in [0.717, 1.165) is 25.0 Å². The lowest BCUT2D eigenvalue weighted by Crippen LogP contribution is -2.04. The average Bonchev–Trinajstić information content (AvgIpc) is 3.14. The Morgan fingerprint density at radius 1 is 1.15 bits per heavy atom. The van der Waals surface area contributed by atoms with Crippen molar-refractivity contribution in [2.45, 2.75) is 19.0 Å². The van der Waals surface area contributed by atoms with Crippen molar-refractivity contribution in [3.63, 3.8) is 0 Å². The number of carbonyl (C=O) groups is 1. The van der Waals surface area contributed by atoms with Gasteiger partial charge in [-0.3, -0.25) is 4.79 Å². The van der Waals surface area contributed by atoms with Gasteiger partial charge >= 0.3 is 6.18 Å². The molecule has 1 aromatic carbocycles.